The first-order valence-electron chi connectivity index (χ1n) is 8.04. The number of fused-ring (bicyclic) bond motifs is 6. The minimum atomic E-state index is 1.13. The van der Waals surface area contributed by atoms with Crippen molar-refractivity contribution in [3.05, 3.63) is 82.9 Å². The van der Waals surface area contributed by atoms with Crippen LogP contribution in [0.3, 0.4) is 0 Å². The van der Waals surface area contributed by atoms with Crippen LogP contribution in [0, 0.1) is 12.1 Å². The molecule has 0 aromatic heterocycles. The Kier molecular flexibility index (Phi) is 2.54. The molecule has 2 aliphatic rings. The van der Waals surface area contributed by atoms with Crippen LogP contribution in [0.25, 0.3) is 22.3 Å². The molecule has 0 heteroatoms. The molecular formula is C22H16. The molecule has 0 aliphatic heterocycles. The number of hydrogen-bond donors (Lipinski definition) is 0. The van der Waals surface area contributed by atoms with E-state index in [2.05, 4.69) is 48.5 Å². The molecular weight excluding hydrogens is 264 g/mol. The van der Waals surface area contributed by atoms with Gasteiger partial charge in [0.2, 0.25) is 0 Å². The van der Waals surface area contributed by atoms with Crippen LogP contribution >= 0.6 is 0 Å². The molecule has 0 heterocycles. The largest absolute Gasteiger partial charge is 0.0537 e. The standard InChI is InChI=1S/C22H16/c1-3-7-19-15(5-1)9-11-17-14-22-18(13-21(17)19)12-10-16-6-2-4-8-20(16)22/h3-8,13-14H,9-12H2. The van der Waals surface area contributed by atoms with Crippen molar-refractivity contribution in [1.82, 2.24) is 0 Å². The highest BCUT2D eigenvalue weighted by atomic mass is 14.3. The summed E-state index contributed by atoms with van der Waals surface area (Å²) in [6, 6.07) is 24.2. The summed E-state index contributed by atoms with van der Waals surface area (Å²) in [6.07, 6.45) is 4.55. The van der Waals surface area contributed by atoms with Crippen molar-refractivity contribution in [2.24, 2.45) is 0 Å². The third-order valence-corrected chi connectivity index (χ3v) is 5.14. The van der Waals surface area contributed by atoms with E-state index in [1.54, 1.807) is 0 Å². The van der Waals surface area contributed by atoms with Crippen LogP contribution in [0.2, 0.25) is 0 Å². The molecule has 0 saturated heterocycles. The van der Waals surface area contributed by atoms with E-state index in [0.29, 0.717) is 0 Å². The molecule has 0 bridgehead atoms. The van der Waals surface area contributed by atoms with Crippen LogP contribution in [0.15, 0.2) is 48.5 Å². The van der Waals surface area contributed by atoms with Gasteiger partial charge in [0.05, 0.1) is 0 Å². The Bertz CT molecular complexity index is 811. The van der Waals surface area contributed by atoms with Gasteiger partial charge in [-0.2, -0.15) is 0 Å². The van der Waals surface area contributed by atoms with Crippen molar-refractivity contribution in [2.45, 2.75) is 25.7 Å². The van der Waals surface area contributed by atoms with E-state index < -0.39 is 0 Å². The van der Waals surface area contributed by atoms with E-state index >= 15 is 0 Å². The quantitative estimate of drug-likeness (QED) is 0.554. The molecule has 3 aromatic carbocycles. The van der Waals surface area contributed by atoms with Crippen molar-refractivity contribution < 1.29 is 0 Å². The lowest BCUT2D eigenvalue weighted by molar-refractivity contribution is 0.916. The fourth-order valence-electron chi connectivity index (χ4n) is 4.01. The van der Waals surface area contributed by atoms with Crippen molar-refractivity contribution in [3.63, 3.8) is 0 Å². The average molecular weight is 280 g/mol. The lowest BCUT2D eigenvalue weighted by Crippen LogP contribution is -2.09. The molecule has 0 saturated carbocycles. The molecule has 22 heavy (non-hydrogen) atoms. The fourth-order valence-corrected chi connectivity index (χ4v) is 4.01. The minimum absolute atomic E-state index is 1.13. The van der Waals surface area contributed by atoms with E-state index in [1.807, 2.05) is 12.1 Å². The van der Waals surface area contributed by atoms with Gasteiger partial charge in [0.15, 0.2) is 0 Å². The van der Waals surface area contributed by atoms with Crippen LogP contribution in [-0.2, 0) is 25.7 Å². The molecule has 3 aromatic rings. The first-order valence-corrected chi connectivity index (χ1v) is 8.04. The van der Waals surface area contributed by atoms with Crippen LogP contribution in [0.4, 0.5) is 0 Å². The van der Waals surface area contributed by atoms with Gasteiger partial charge in [-0.05, 0) is 82.3 Å². The van der Waals surface area contributed by atoms with Crippen LogP contribution in [0.1, 0.15) is 22.3 Å². The van der Waals surface area contributed by atoms with E-state index in [4.69, 9.17) is 0 Å². The number of benzene rings is 3. The highest BCUT2D eigenvalue weighted by Gasteiger charge is 2.21. The molecule has 0 amide bonds. The zero-order valence-corrected chi connectivity index (χ0v) is 12.4. The van der Waals surface area contributed by atoms with Crippen LogP contribution < -0.4 is 0 Å². The average Bonchev–Trinajstić information content (AvgIpc) is 2.60. The Morgan fingerprint density at radius 3 is 1.50 bits per heavy atom. The van der Waals surface area contributed by atoms with E-state index in [1.165, 1.54) is 44.5 Å². The molecule has 0 fully saturated rings. The summed E-state index contributed by atoms with van der Waals surface area (Å²) in [5, 5.41) is 0. The van der Waals surface area contributed by atoms with E-state index in [0.717, 1.165) is 25.7 Å². The maximum absolute atomic E-state index is 3.22. The third-order valence-electron chi connectivity index (χ3n) is 5.14. The van der Waals surface area contributed by atoms with Gasteiger partial charge in [-0.3, -0.25) is 0 Å². The predicted molar refractivity (Wildman–Crippen MR) is 89.8 cm³/mol. The summed E-state index contributed by atoms with van der Waals surface area (Å²) in [6.45, 7) is 0. The fraction of sp³-hybridized carbons (Fsp3) is 0.182. The van der Waals surface area contributed by atoms with E-state index in [-0.39, 0.29) is 0 Å². The molecule has 0 atom stereocenters. The SMILES string of the molecule is [c]1ccc2c(c1)CCc1cc3c(cc1-2)CCc1c[c]ccc1-3. The van der Waals surface area contributed by atoms with Gasteiger partial charge in [0.1, 0.15) is 0 Å². The highest BCUT2D eigenvalue weighted by Crippen LogP contribution is 2.40. The van der Waals surface area contributed by atoms with Gasteiger partial charge in [-0.25, -0.2) is 0 Å². The topological polar surface area (TPSA) is 0 Å². The molecule has 104 valence electrons. The Labute approximate surface area is 131 Å². The summed E-state index contributed by atoms with van der Waals surface area (Å²) in [4.78, 5) is 0. The monoisotopic (exact) mass is 280 g/mol. The second-order valence-electron chi connectivity index (χ2n) is 6.33. The van der Waals surface area contributed by atoms with Gasteiger partial charge >= 0.3 is 0 Å². The number of rotatable bonds is 0. The molecule has 2 radical (unpaired) electrons. The lowest BCUT2D eigenvalue weighted by atomic mass is 9.78. The summed E-state index contributed by atoms with van der Waals surface area (Å²) in [5.41, 5.74) is 11.6. The van der Waals surface area contributed by atoms with Gasteiger partial charge in [-0.1, -0.05) is 48.5 Å². The van der Waals surface area contributed by atoms with Gasteiger partial charge in [0, 0.05) is 0 Å². The van der Waals surface area contributed by atoms with Gasteiger partial charge in [0.25, 0.3) is 0 Å². The highest BCUT2D eigenvalue weighted by molar-refractivity contribution is 5.81. The molecule has 2 aliphatic carbocycles. The Morgan fingerprint density at radius 2 is 1.00 bits per heavy atom. The van der Waals surface area contributed by atoms with Crippen LogP contribution in [-0.4, -0.2) is 0 Å². The molecule has 0 unspecified atom stereocenters. The maximum atomic E-state index is 3.22. The summed E-state index contributed by atoms with van der Waals surface area (Å²) in [5.74, 6) is 0. The molecule has 0 nitrogen and oxygen atoms in total. The first kappa shape index (κ1) is 12.2. The second kappa shape index (κ2) is 4.58. The van der Waals surface area contributed by atoms with Gasteiger partial charge in [-0.15, -0.1) is 0 Å². The number of aryl methyl sites for hydroxylation is 4. The minimum Gasteiger partial charge on any atom is -0.0537 e. The second-order valence-corrected chi connectivity index (χ2v) is 6.33. The smallest absolute Gasteiger partial charge is 0.0146 e. The molecule has 5 rings (SSSR count). The van der Waals surface area contributed by atoms with Gasteiger partial charge < -0.3 is 0 Å². The lowest BCUT2D eigenvalue weighted by Gasteiger charge is -2.26. The molecule has 0 spiro atoms. The van der Waals surface area contributed by atoms with Crippen molar-refractivity contribution >= 4 is 0 Å². The predicted octanol–water partition coefficient (Wildman–Crippen LogP) is 4.82. The summed E-state index contributed by atoms with van der Waals surface area (Å²) < 4.78 is 0. The Balaban J connectivity index is 1.76. The van der Waals surface area contributed by atoms with E-state index in [9.17, 15) is 0 Å². The van der Waals surface area contributed by atoms with Crippen molar-refractivity contribution in [1.29, 1.82) is 0 Å². The number of hydrogen-bond acceptors (Lipinski definition) is 0. The Hall–Kier alpha value is -2.34. The first-order chi connectivity index (χ1) is 10.9. The zero-order valence-electron chi connectivity index (χ0n) is 12.4. The maximum Gasteiger partial charge on any atom is -0.0146 e. The normalized spacial score (nSPS) is 14.5. The Morgan fingerprint density at radius 1 is 0.545 bits per heavy atom. The van der Waals surface area contributed by atoms with Crippen molar-refractivity contribution in [3.8, 4) is 22.3 Å². The summed E-state index contributed by atoms with van der Waals surface area (Å²) in [7, 11) is 0. The van der Waals surface area contributed by atoms with Crippen LogP contribution in [0.5, 0.6) is 0 Å². The molecule has 0 N–H and O–H groups in total. The third kappa shape index (κ3) is 1.70. The zero-order chi connectivity index (χ0) is 14.5. The summed E-state index contributed by atoms with van der Waals surface area (Å²) >= 11 is 0. The van der Waals surface area contributed by atoms with Crippen molar-refractivity contribution in [2.75, 3.05) is 0 Å².